The molecule has 0 fully saturated rings. The Hall–Kier alpha value is -5.30. The van der Waals surface area contributed by atoms with Crippen molar-refractivity contribution in [2.75, 3.05) is 43.1 Å². The summed E-state index contributed by atoms with van der Waals surface area (Å²) >= 11 is 2.89. The van der Waals surface area contributed by atoms with Crippen LogP contribution >= 0.6 is 59.1 Å². The second-order valence-corrected chi connectivity index (χ2v) is 28.5. The van der Waals surface area contributed by atoms with Gasteiger partial charge in [0.2, 0.25) is 11.8 Å². The van der Waals surface area contributed by atoms with Crippen molar-refractivity contribution in [2.45, 2.75) is 176 Å². The standard InChI is InChI=1S/C25H35N5O5S2.C23H34N4O5S2.C8H19N.C2H2BrN/c1-18(24(33)34-14-12-26)7-5-6-13-28-23(32)20(17-36-37-25(2,3)4)15-22(31)35-16-19-8-10-21(11-9-19)29-30-27;1-16(22(30)31)7-5-6-12-25-21(29)18(15-33-34-23(2,3)4)13-20(28)32-14-17-8-10-19(11-9-17)26-27-24;1-6-9(7(2)3)8(4)5;3-1-2-4/h8-11,18,20H,5-7,13-17H2,1-4H3,(H,28,32);8-11,16,18H,5-7,12-15H2,1-4H3,(H,25,29)(H,30,31);7-8H,6H2,1-5H3;1H2/t18-,20-;16-,18-;;/m00../s1. The van der Waals surface area contributed by atoms with Crippen LogP contribution in [0.25, 0.3) is 20.9 Å². The molecule has 0 aromatic heterocycles. The number of unbranched alkanes of at least 4 members (excludes halogenated alkanes) is 2. The Bertz CT molecular complexity index is 2410. The highest BCUT2D eigenvalue weighted by Gasteiger charge is 2.26. The fourth-order valence-corrected chi connectivity index (χ4v) is 12.2. The van der Waals surface area contributed by atoms with Crippen molar-refractivity contribution >= 4 is 106 Å². The lowest BCUT2D eigenvalue weighted by Gasteiger charge is -2.28. The maximum absolute atomic E-state index is 12.8. The zero-order chi connectivity index (χ0) is 64.1. The number of nitriles is 2. The Morgan fingerprint density at radius 2 is 1.04 bits per heavy atom. The number of halogens is 1. The molecule has 2 rings (SSSR count). The van der Waals surface area contributed by atoms with Gasteiger partial charge >= 0.3 is 23.9 Å². The Morgan fingerprint density at radius 1 is 0.655 bits per heavy atom. The summed E-state index contributed by atoms with van der Waals surface area (Å²) in [6.07, 6.45) is 3.85. The monoisotopic (exact) mass is 1310 g/mol. The molecule has 468 valence electrons. The third-order valence-corrected chi connectivity index (χ3v) is 18.4. The Balaban J connectivity index is 0. The van der Waals surface area contributed by atoms with Crippen molar-refractivity contribution < 1.29 is 48.1 Å². The maximum Gasteiger partial charge on any atom is 0.309 e. The first-order chi connectivity index (χ1) is 39.6. The van der Waals surface area contributed by atoms with Gasteiger partial charge in [0, 0.05) is 67.4 Å². The van der Waals surface area contributed by atoms with Gasteiger partial charge in [-0.25, -0.2) is 0 Å². The number of carboxylic acids is 1. The Kier molecular flexibility index (Phi) is 46.0. The molecule has 0 saturated heterocycles. The van der Waals surface area contributed by atoms with E-state index in [1.807, 2.05) is 6.07 Å². The molecule has 2 aromatic rings. The van der Waals surface area contributed by atoms with Crippen LogP contribution in [0.15, 0.2) is 58.8 Å². The minimum Gasteiger partial charge on any atom is -0.481 e. The van der Waals surface area contributed by atoms with Crippen LogP contribution in [0.3, 0.4) is 0 Å². The average Bonchev–Trinajstić information content (AvgIpc) is 3.53. The van der Waals surface area contributed by atoms with E-state index in [2.05, 4.69) is 128 Å². The summed E-state index contributed by atoms with van der Waals surface area (Å²) in [4.78, 5) is 81.0. The SMILES string of the molecule is CCN(C(C)C)C(C)C.C[C@@H](CCCCNC(=O)[C@H](CSSC(C)(C)C)CC(=O)OCc1ccc(N=[N+]=[N-])cc1)C(=O)O.C[C@@H](CCCCNC(=O)[C@H](CSSC(C)(C)C)CC(=O)OCc1ccc(N=[N+]=[N-])cc1)C(=O)OCC#N.N#CCBr. The van der Waals surface area contributed by atoms with Gasteiger partial charge in [0.15, 0.2) is 6.61 Å². The average molecular weight is 1310 g/mol. The number of nitrogens with zero attached hydrogens (tertiary/aromatic N) is 9. The summed E-state index contributed by atoms with van der Waals surface area (Å²) in [6.45, 7) is 29.0. The van der Waals surface area contributed by atoms with Crippen LogP contribution in [0.5, 0.6) is 0 Å². The first kappa shape index (κ1) is 80.8. The van der Waals surface area contributed by atoms with Gasteiger partial charge in [0.1, 0.15) is 19.3 Å². The molecular formula is C58H90BrN11O10S4. The Labute approximate surface area is 522 Å². The van der Waals surface area contributed by atoms with Crippen LogP contribution < -0.4 is 10.6 Å². The number of nitrogens with one attached hydrogen (secondary N) is 2. The quantitative estimate of drug-likeness (QED) is 0.00856. The third-order valence-electron chi connectivity index (χ3n) is 11.3. The van der Waals surface area contributed by atoms with Crippen molar-refractivity contribution in [3.8, 4) is 12.1 Å². The molecule has 0 aliphatic rings. The van der Waals surface area contributed by atoms with E-state index in [0.717, 1.165) is 17.7 Å². The van der Waals surface area contributed by atoms with Gasteiger partial charge in [-0.05, 0) is 82.1 Å². The molecular weight excluding hydrogens is 1220 g/mol. The molecule has 0 radical (unpaired) electrons. The van der Waals surface area contributed by atoms with E-state index in [1.54, 1.807) is 112 Å². The number of rotatable bonds is 34. The molecule has 0 aliphatic heterocycles. The lowest BCUT2D eigenvalue weighted by molar-refractivity contribution is -0.148. The number of carbonyl (C=O) groups excluding carboxylic acids is 5. The number of carboxylic acid groups (broad SMARTS) is 1. The maximum atomic E-state index is 12.8. The van der Waals surface area contributed by atoms with Crippen molar-refractivity contribution in [3.63, 3.8) is 0 Å². The zero-order valence-corrected chi connectivity index (χ0v) is 56.1. The molecule has 0 unspecified atom stereocenters. The van der Waals surface area contributed by atoms with Crippen LogP contribution in [0, 0.1) is 46.3 Å². The normalized spacial score (nSPS) is 12.2. The predicted octanol–water partition coefficient (Wildman–Crippen LogP) is 14.7. The highest BCUT2D eigenvalue weighted by atomic mass is 79.9. The number of amides is 2. The van der Waals surface area contributed by atoms with Crippen molar-refractivity contribution in [1.82, 2.24) is 15.5 Å². The molecule has 2 aromatic carbocycles. The summed E-state index contributed by atoms with van der Waals surface area (Å²) in [7, 11) is 6.41. The van der Waals surface area contributed by atoms with Crippen molar-refractivity contribution in [3.05, 3.63) is 80.5 Å². The second kappa shape index (κ2) is 47.9. The lowest BCUT2D eigenvalue weighted by atomic mass is 10.0. The summed E-state index contributed by atoms with van der Waals surface area (Å²) in [5, 5.41) is 38.2. The number of carbonyl (C=O) groups is 6. The number of hydrogen-bond donors (Lipinski definition) is 3. The number of azide groups is 2. The van der Waals surface area contributed by atoms with Crippen molar-refractivity contribution in [1.29, 1.82) is 10.5 Å². The molecule has 4 atom stereocenters. The number of ether oxygens (including phenoxy) is 3. The molecule has 3 N–H and O–H groups in total. The van der Waals surface area contributed by atoms with Gasteiger partial charge in [-0.2, -0.15) is 10.5 Å². The van der Waals surface area contributed by atoms with Gasteiger partial charge in [0.05, 0.1) is 47.9 Å². The minimum atomic E-state index is -0.817. The zero-order valence-electron chi connectivity index (χ0n) is 51.3. The van der Waals surface area contributed by atoms with Crippen LogP contribution in [-0.4, -0.2) is 110 Å². The third kappa shape index (κ3) is 44.2. The van der Waals surface area contributed by atoms with E-state index in [0.29, 0.717) is 91.9 Å². The second-order valence-electron chi connectivity index (χ2n) is 21.6. The van der Waals surface area contributed by atoms with Crippen LogP contribution in [-0.2, 0) is 56.2 Å². The lowest BCUT2D eigenvalue weighted by Crippen LogP contribution is -2.36. The fraction of sp³-hybridized carbons (Fsp3) is 0.655. The molecule has 21 nitrogen and oxygen atoms in total. The smallest absolute Gasteiger partial charge is 0.309 e. The van der Waals surface area contributed by atoms with Gasteiger partial charge < -0.3 is 30.0 Å². The van der Waals surface area contributed by atoms with Crippen LogP contribution in [0.2, 0.25) is 0 Å². The first-order valence-corrected chi connectivity index (χ1v) is 33.5. The topological polar surface area (TPSA) is 323 Å². The van der Waals surface area contributed by atoms with E-state index < -0.39 is 41.6 Å². The fourth-order valence-electron chi connectivity index (χ4n) is 6.99. The summed E-state index contributed by atoms with van der Waals surface area (Å²) in [5.41, 5.74) is 19.4. The molecule has 0 saturated carbocycles. The van der Waals surface area contributed by atoms with E-state index in [4.69, 9.17) is 40.9 Å². The molecule has 0 bridgehead atoms. The molecule has 0 heterocycles. The largest absolute Gasteiger partial charge is 0.481 e. The summed E-state index contributed by atoms with van der Waals surface area (Å²) in [5.74, 6) is -3.41. The predicted molar refractivity (Wildman–Crippen MR) is 344 cm³/mol. The number of hydrogen-bond acceptors (Lipinski definition) is 18. The number of alkyl halides is 1. The molecule has 0 aliphatic carbocycles. The number of benzene rings is 2. The highest BCUT2D eigenvalue weighted by molar-refractivity contribution is 9.09. The van der Waals surface area contributed by atoms with Gasteiger partial charge in [-0.3, -0.25) is 33.7 Å². The van der Waals surface area contributed by atoms with E-state index in [-0.39, 0.29) is 59.9 Å². The molecule has 84 heavy (non-hydrogen) atoms. The van der Waals surface area contributed by atoms with Gasteiger partial charge in [-0.15, -0.1) is 0 Å². The first-order valence-electron chi connectivity index (χ1n) is 27.8. The summed E-state index contributed by atoms with van der Waals surface area (Å²) in [6, 6.07) is 18.4. The Morgan fingerprint density at radius 3 is 1.33 bits per heavy atom. The minimum absolute atomic E-state index is 0.0129. The number of aliphatic carboxylic acids is 1. The van der Waals surface area contributed by atoms with Crippen molar-refractivity contribution in [2.24, 2.45) is 33.9 Å². The summed E-state index contributed by atoms with van der Waals surface area (Å²) < 4.78 is 15.6. The van der Waals surface area contributed by atoms with E-state index in [9.17, 15) is 28.8 Å². The van der Waals surface area contributed by atoms with Crippen LogP contribution in [0.4, 0.5) is 11.4 Å². The molecule has 26 heteroatoms. The van der Waals surface area contributed by atoms with E-state index in [1.165, 1.54) is 0 Å². The molecule has 2 amide bonds. The van der Waals surface area contributed by atoms with Crippen LogP contribution in [0.1, 0.15) is 153 Å². The van der Waals surface area contributed by atoms with Gasteiger partial charge in [-0.1, -0.05) is 193 Å². The van der Waals surface area contributed by atoms with Gasteiger partial charge in [0.25, 0.3) is 0 Å². The molecule has 0 spiro atoms. The number of esters is 3. The van der Waals surface area contributed by atoms with E-state index >= 15 is 0 Å². The highest BCUT2D eigenvalue weighted by Crippen LogP contribution is 2.38.